The van der Waals surface area contributed by atoms with Crippen LogP contribution in [0, 0.1) is 19.7 Å². The van der Waals surface area contributed by atoms with Gasteiger partial charge in [0.15, 0.2) is 0 Å². The first-order valence-corrected chi connectivity index (χ1v) is 5.74. The molecule has 1 heterocycles. The number of aromatic nitrogens is 1. The third-order valence-corrected chi connectivity index (χ3v) is 2.88. The first kappa shape index (κ1) is 13.1. The number of benzene rings is 1. The molecule has 0 aliphatic carbocycles. The number of hydrogen-bond acceptors (Lipinski definition) is 4. The lowest BCUT2D eigenvalue weighted by molar-refractivity contribution is 0.0996. The fourth-order valence-corrected chi connectivity index (χ4v) is 1.77. The molecule has 0 aliphatic rings. The minimum Gasteiger partial charge on any atom is -0.381 e. The summed E-state index contributed by atoms with van der Waals surface area (Å²) in [6, 6.07) is 4.13. The number of amides is 1. The van der Waals surface area contributed by atoms with Gasteiger partial charge < -0.3 is 15.6 Å². The number of hydrogen-bond donors (Lipinski definition) is 2. The van der Waals surface area contributed by atoms with Crippen molar-refractivity contribution in [3.05, 3.63) is 46.6 Å². The van der Waals surface area contributed by atoms with Crippen LogP contribution in [0.25, 0.3) is 0 Å². The van der Waals surface area contributed by atoms with Gasteiger partial charge in [-0.1, -0.05) is 5.16 Å². The predicted octanol–water partition coefficient (Wildman–Crippen LogP) is 2.14. The van der Waals surface area contributed by atoms with Crippen molar-refractivity contribution >= 4 is 11.6 Å². The van der Waals surface area contributed by atoms with E-state index in [0.29, 0.717) is 12.2 Å². The summed E-state index contributed by atoms with van der Waals surface area (Å²) in [4.78, 5) is 11.0. The molecule has 6 heteroatoms. The van der Waals surface area contributed by atoms with Crippen LogP contribution in [0.15, 0.2) is 22.7 Å². The molecule has 1 aromatic carbocycles. The van der Waals surface area contributed by atoms with Crippen LogP contribution < -0.4 is 11.1 Å². The van der Waals surface area contributed by atoms with Gasteiger partial charge in [0.25, 0.3) is 5.91 Å². The van der Waals surface area contributed by atoms with Crippen LogP contribution in [0.3, 0.4) is 0 Å². The Bertz CT molecular complexity index is 603. The molecule has 0 fully saturated rings. The summed E-state index contributed by atoms with van der Waals surface area (Å²) in [5, 5.41) is 6.92. The van der Waals surface area contributed by atoms with E-state index >= 15 is 0 Å². The highest BCUT2D eigenvalue weighted by Gasteiger charge is 2.11. The molecule has 100 valence electrons. The predicted molar refractivity (Wildman–Crippen MR) is 68.2 cm³/mol. The number of primary amides is 1. The van der Waals surface area contributed by atoms with Gasteiger partial charge in [-0.25, -0.2) is 4.39 Å². The number of aryl methyl sites for hydroxylation is 2. The summed E-state index contributed by atoms with van der Waals surface area (Å²) in [5.41, 5.74) is 7.29. The quantitative estimate of drug-likeness (QED) is 0.885. The van der Waals surface area contributed by atoms with Crippen molar-refractivity contribution in [1.29, 1.82) is 0 Å². The molecular weight excluding hydrogens is 249 g/mol. The van der Waals surface area contributed by atoms with Gasteiger partial charge in [-0.2, -0.15) is 0 Å². The zero-order valence-electron chi connectivity index (χ0n) is 10.7. The van der Waals surface area contributed by atoms with Crippen LogP contribution in [0.4, 0.5) is 10.1 Å². The first-order chi connectivity index (χ1) is 8.99. The molecule has 0 aliphatic heterocycles. The van der Waals surface area contributed by atoms with Gasteiger partial charge in [-0.15, -0.1) is 0 Å². The van der Waals surface area contributed by atoms with E-state index in [1.54, 1.807) is 6.07 Å². The van der Waals surface area contributed by atoms with Crippen LogP contribution in [0.2, 0.25) is 0 Å². The molecule has 1 amide bonds. The normalized spacial score (nSPS) is 10.5. The van der Waals surface area contributed by atoms with Gasteiger partial charge in [0.2, 0.25) is 0 Å². The van der Waals surface area contributed by atoms with Crippen molar-refractivity contribution in [1.82, 2.24) is 5.16 Å². The second-order valence-corrected chi connectivity index (χ2v) is 4.22. The summed E-state index contributed by atoms with van der Waals surface area (Å²) < 4.78 is 18.3. The van der Waals surface area contributed by atoms with E-state index in [0.717, 1.165) is 17.0 Å². The molecule has 2 aromatic rings. The average molecular weight is 263 g/mol. The molecule has 0 saturated carbocycles. The number of nitrogens with zero attached hydrogens (tertiary/aromatic N) is 1. The van der Waals surface area contributed by atoms with Crippen molar-refractivity contribution in [2.75, 3.05) is 5.32 Å². The van der Waals surface area contributed by atoms with Crippen LogP contribution in [-0.4, -0.2) is 11.1 Å². The summed E-state index contributed by atoms with van der Waals surface area (Å²) in [7, 11) is 0. The van der Waals surface area contributed by atoms with Crippen molar-refractivity contribution in [2.45, 2.75) is 20.4 Å². The van der Waals surface area contributed by atoms with E-state index in [2.05, 4.69) is 10.5 Å². The van der Waals surface area contributed by atoms with E-state index < -0.39 is 11.7 Å². The SMILES string of the molecule is Cc1noc(C)c1CNc1ccc(F)c(C(N)=O)c1. The largest absolute Gasteiger partial charge is 0.381 e. The molecule has 0 radical (unpaired) electrons. The maximum atomic E-state index is 13.3. The van der Waals surface area contributed by atoms with Crippen molar-refractivity contribution in [3.63, 3.8) is 0 Å². The van der Waals surface area contributed by atoms with Crippen LogP contribution in [0.5, 0.6) is 0 Å². The van der Waals surface area contributed by atoms with E-state index in [1.165, 1.54) is 12.1 Å². The smallest absolute Gasteiger partial charge is 0.251 e. The summed E-state index contributed by atoms with van der Waals surface area (Å²) in [5.74, 6) is -0.698. The summed E-state index contributed by atoms with van der Waals surface area (Å²) in [6.45, 7) is 4.13. The van der Waals surface area contributed by atoms with Crippen LogP contribution >= 0.6 is 0 Å². The van der Waals surface area contributed by atoms with E-state index in [4.69, 9.17) is 10.3 Å². The van der Waals surface area contributed by atoms with E-state index in [-0.39, 0.29) is 5.56 Å². The monoisotopic (exact) mass is 263 g/mol. The number of halogens is 1. The Hall–Kier alpha value is -2.37. The Balaban J connectivity index is 2.16. The molecule has 5 nitrogen and oxygen atoms in total. The highest BCUT2D eigenvalue weighted by molar-refractivity contribution is 5.94. The van der Waals surface area contributed by atoms with Crippen LogP contribution in [0.1, 0.15) is 27.4 Å². The Morgan fingerprint density at radius 3 is 2.79 bits per heavy atom. The Labute approximate surface area is 109 Å². The zero-order chi connectivity index (χ0) is 14.0. The fraction of sp³-hybridized carbons (Fsp3) is 0.231. The second kappa shape index (κ2) is 5.09. The van der Waals surface area contributed by atoms with Gasteiger partial charge in [0.1, 0.15) is 11.6 Å². The fourth-order valence-electron chi connectivity index (χ4n) is 1.77. The lowest BCUT2D eigenvalue weighted by atomic mass is 10.1. The maximum absolute atomic E-state index is 13.3. The average Bonchev–Trinajstić information content (AvgIpc) is 2.68. The molecular formula is C13H14FN3O2. The number of nitrogens with one attached hydrogen (secondary N) is 1. The number of carbonyl (C=O) groups is 1. The number of rotatable bonds is 4. The lowest BCUT2D eigenvalue weighted by Gasteiger charge is -2.07. The van der Waals surface area contributed by atoms with Gasteiger partial charge in [0.05, 0.1) is 11.3 Å². The number of anilines is 1. The standard InChI is InChI=1S/C13H14FN3O2/c1-7-11(8(2)19-17-7)6-16-9-3-4-12(14)10(5-9)13(15)18/h3-5,16H,6H2,1-2H3,(H2,15,18). The molecule has 0 bridgehead atoms. The Kier molecular flexibility index (Phi) is 3.50. The Morgan fingerprint density at radius 1 is 1.47 bits per heavy atom. The van der Waals surface area contributed by atoms with Crippen LogP contribution in [-0.2, 0) is 6.54 Å². The highest BCUT2D eigenvalue weighted by atomic mass is 19.1. The number of nitrogens with two attached hydrogens (primary N) is 1. The third-order valence-electron chi connectivity index (χ3n) is 2.88. The number of carbonyl (C=O) groups excluding carboxylic acids is 1. The molecule has 19 heavy (non-hydrogen) atoms. The summed E-state index contributed by atoms with van der Waals surface area (Å²) >= 11 is 0. The maximum Gasteiger partial charge on any atom is 0.251 e. The Morgan fingerprint density at radius 2 is 2.21 bits per heavy atom. The first-order valence-electron chi connectivity index (χ1n) is 5.74. The summed E-state index contributed by atoms with van der Waals surface area (Å²) in [6.07, 6.45) is 0. The van der Waals surface area contributed by atoms with E-state index in [1.807, 2.05) is 13.8 Å². The minimum atomic E-state index is -0.793. The van der Waals surface area contributed by atoms with Crippen molar-refractivity contribution in [2.24, 2.45) is 5.73 Å². The molecule has 0 spiro atoms. The van der Waals surface area contributed by atoms with Gasteiger partial charge >= 0.3 is 0 Å². The molecule has 2 rings (SSSR count). The molecule has 0 atom stereocenters. The molecule has 3 N–H and O–H groups in total. The van der Waals surface area contributed by atoms with Gasteiger partial charge in [-0.3, -0.25) is 4.79 Å². The molecule has 0 unspecified atom stereocenters. The van der Waals surface area contributed by atoms with Gasteiger partial charge in [-0.05, 0) is 32.0 Å². The highest BCUT2D eigenvalue weighted by Crippen LogP contribution is 2.18. The van der Waals surface area contributed by atoms with Crippen molar-refractivity contribution < 1.29 is 13.7 Å². The zero-order valence-corrected chi connectivity index (χ0v) is 10.7. The minimum absolute atomic E-state index is 0.135. The van der Waals surface area contributed by atoms with Crippen molar-refractivity contribution in [3.8, 4) is 0 Å². The molecule has 1 aromatic heterocycles. The molecule has 0 saturated heterocycles. The lowest BCUT2D eigenvalue weighted by Crippen LogP contribution is -2.13. The third kappa shape index (κ3) is 2.73. The van der Waals surface area contributed by atoms with E-state index in [9.17, 15) is 9.18 Å². The van der Waals surface area contributed by atoms with Gasteiger partial charge in [0, 0.05) is 17.8 Å². The second-order valence-electron chi connectivity index (χ2n) is 4.22. The topological polar surface area (TPSA) is 81.2 Å².